The summed E-state index contributed by atoms with van der Waals surface area (Å²) in [6.07, 6.45) is -7.01. The number of nitro groups is 1. The van der Waals surface area contributed by atoms with E-state index in [4.69, 9.17) is 23.7 Å². The number of ether oxygens (including phenoxy) is 5. The van der Waals surface area contributed by atoms with Gasteiger partial charge in [-0.15, -0.1) is 0 Å². The summed E-state index contributed by atoms with van der Waals surface area (Å²) in [6, 6.07) is 1.59. The molecule has 14 heteroatoms. The first kappa shape index (κ1) is 28.2. The number of carbonyl (C=O) groups excluding carboxylic acids is 5. The summed E-state index contributed by atoms with van der Waals surface area (Å²) in [4.78, 5) is 68.1. The Kier molecular flexibility index (Phi) is 11.9. The maximum Gasteiger partial charge on any atom is 0.303 e. The number of carbonyl (C=O) groups is 5. The summed E-state index contributed by atoms with van der Waals surface area (Å²) in [5, 5.41) is 20.4. The molecule has 0 aromatic heterocycles. The second kappa shape index (κ2) is 13.5. The smallest absolute Gasteiger partial charge is 0.303 e. The number of hydrogen-bond donors (Lipinski definition) is 0. The third-order valence-corrected chi connectivity index (χ3v) is 3.60. The van der Waals surface area contributed by atoms with Crippen LogP contribution < -0.4 is 0 Å². The first-order chi connectivity index (χ1) is 14.8. The minimum Gasteiger partial charge on any atom is -0.462 e. The van der Waals surface area contributed by atoms with E-state index in [2.05, 4.69) is 0 Å². The van der Waals surface area contributed by atoms with Gasteiger partial charge in [-0.2, -0.15) is 5.26 Å². The fourth-order valence-corrected chi connectivity index (χ4v) is 2.62. The maximum absolute atomic E-state index is 11.8. The Bertz CT molecular complexity index is 774. The molecule has 0 aliphatic carbocycles. The van der Waals surface area contributed by atoms with Crippen LogP contribution in [0.1, 0.15) is 34.6 Å². The number of rotatable bonds is 12. The Labute approximate surface area is 182 Å². The molecular formula is C18H24N2O12. The minimum absolute atomic E-state index is 0.677. The van der Waals surface area contributed by atoms with Crippen LogP contribution in [0.5, 0.6) is 0 Å². The quantitative estimate of drug-likeness (QED) is 0.159. The molecule has 0 spiro atoms. The molecule has 0 N–H and O–H groups in total. The van der Waals surface area contributed by atoms with E-state index >= 15 is 0 Å². The van der Waals surface area contributed by atoms with E-state index in [-0.39, 0.29) is 0 Å². The van der Waals surface area contributed by atoms with Crippen molar-refractivity contribution < 1.29 is 52.6 Å². The van der Waals surface area contributed by atoms with Crippen molar-refractivity contribution in [3.8, 4) is 6.07 Å². The Morgan fingerprint density at radius 3 is 1.59 bits per heavy atom. The molecule has 0 aromatic carbocycles. The maximum atomic E-state index is 11.8. The van der Waals surface area contributed by atoms with Crippen LogP contribution in [0.15, 0.2) is 0 Å². The van der Waals surface area contributed by atoms with Crippen LogP contribution in [0, 0.1) is 27.4 Å². The molecule has 0 aliphatic rings. The molecule has 178 valence electrons. The van der Waals surface area contributed by atoms with Gasteiger partial charge in [-0.05, 0) is 0 Å². The van der Waals surface area contributed by atoms with E-state index in [1.807, 2.05) is 0 Å². The monoisotopic (exact) mass is 460 g/mol. The van der Waals surface area contributed by atoms with Crippen LogP contribution in [0.2, 0.25) is 0 Å². The van der Waals surface area contributed by atoms with E-state index in [0.717, 1.165) is 34.6 Å². The van der Waals surface area contributed by atoms with Crippen molar-refractivity contribution in [2.24, 2.45) is 5.92 Å². The second-order valence-corrected chi connectivity index (χ2v) is 6.42. The first-order valence-electron chi connectivity index (χ1n) is 9.12. The molecule has 0 rings (SSSR count). The molecule has 14 nitrogen and oxygen atoms in total. The molecule has 0 heterocycles. The van der Waals surface area contributed by atoms with Crippen molar-refractivity contribution in [3.05, 3.63) is 10.1 Å². The van der Waals surface area contributed by atoms with Crippen molar-refractivity contribution >= 4 is 29.8 Å². The fourth-order valence-electron chi connectivity index (χ4n) is 2.62. The van der Waals surface area contributed by atoms with Gasteiger partial charge in [-0.25, -0.2) is 0 Å². The topological polar surface area (TPSA) is 198 Å². The van der Waals surface area contributed by atoms with E-state index in [1.165, 1.54) is 0 Å². The van der Waals surface area contributed by atoms with E-state index in [0.29, 0.717) is 0 Å². The van der Waals surface area contributed by atoms with Crippen LogP contribution in [-0.4, -0.2) is 72.3 Å². The van der Waals surface area contributed by atoms with E-state index < -0.39 is 78.3 Å². The molecule has 0 fully saturated rings. The van der Waals surface area contributed by atoms with Gasteiger partial charge in [-0.3, -0.25) is 34.1 Å². The number of esters is 5. The van der Waals surface area contributed by atoms with Gasteiger partial charge in [0.15, 0.2) is 30.3 Å². The summed E-state index contributed by atoms with van der Waals surface area (Å²) in [5.41, 5.74) is 0. The molecular weight excluding hydrogens is 436 g/mol. The zero-order valence-electron chi connectivity index (χ0n) is 18.1. The van der Waals surface area contributed by atoms with E-state index in [1.54, 1.807) is 6.07 Å². The van der Waals surface area contributed by atoms with Gasteiger partial charge < -0.3 is 23.7 Å². The molecule has 5 atom stereocenters. The van der Waals surface area contributed by atoms with Crippen LogP contribution in [0.4, 0.5) is 0 Å². The van der Waals surface area contributed by atoms with Crippen molar-refractivity contribution in [2.75, 3.05) is 13.2 Å². The summed E-state index contributed by atoms with van der Waals surface area (Å²) >= 11 is 0. The highest BCUT2D eigenvalue weighted by atomic mass is 16.6. The lowest BCUT2D eigenvalue weighted by Crippen LogP contribution is -2.55. The molecule has 0 aromatic rings. The standard InChI is InChI=1S/C18H24N2O12/c1-9(21)28-8-15(29-10(2)22)17(31-12(4)24)18(32-13(5)25)16(30-11(3)23)14(6-19)7-20(26)27/h14-18H,7-8H2,1-5H3/t14?,15-,16+,17+,18-/m1/s1. The molecule has 0 bridgehead atoms. The highest BCUT2D eigenvalue weighted by molar-refractivity contribution is 5.69. The average molecular weight is 460 g/mol. The fraction of sp³-hybridized carbons (Fsp3) is 0.667. The Morgan fingerprint density at radius 1 is 0.781 bits per heavy atom. The summed E-state index contributed by atoms with van der Waals surface area (Å²) in [6.45, 7) is 3.14. The molecule has 32 heavy (non-hydrogen) atoms. The number of nitrogens with zero attached hydrogens (tertiary/aromatic N) is 2. The average Bonchev–Trinajstić information content (AvgIpc) is 2.63. The zero-order valence-corrected chi connectivity index (χ0v) is 18.1. The largest absolute Gasteiger partial charge is 0.462 e. The molecule has 1 unspecified atom stereocenters. The van der Waals surface area contributed by atoms with Crippen LogP contribution in [-0.2, 0) is 47.7 Å². The summed E-state index contributed by atoms with van der Waals surface area (Å²) in [5.74, 6) is -6.35. The molecule has 0 radical (unpaired) electrons. The van der Waals surface area contributed by atoms with Crippen LogP contribution in [0.3, 0.4) is 0 Å². The van der Waals surface area contributed by atoms with Crippen LogP contribution >= 0.6 is 0 Å². The lowest BCUT2D eigenvalue weighted by Gasteiger charge is -2.36. The number of hydrogen-bond acceptors (Lipinski definition) is 13. The van der Waals surface area contributed by atoms with E-state index in [9.17, 15) is 39.3 Å². The van der Waals surface area contributed by atoms with Gasteiger partial charge in [0.1, 0.15) is 6.61 Å². The third kappa shape index (κ3) is 10.9. The second-order valence-electron chi connectivity index (χ2n) is 6.42. The number of nitriles is 1. The third-order valence-electron chi connectivity index (χ3n) is 3.60. The molecule has 0 aliphatic heterocycles. The van der Waals surface area contributed by atoms with Crippen molar-refractivity contribution in [1.29, 1.82) is 5.26 Å². The van der Waals surface area contributed by atoms with Crippen molar-refractivity contribution in [2.45, 2.75) is 59.0 Å². The normalized spacial score (nSPS) is 14.9. The predicted octanol–water partition coefficient (Wildman–Crippen LogP) is -0.307. The van der Waals surface area contributed by atoms with Gasteiger partial charge in [0.2, 0.25) is 6.54 Å². The van der Waals surface area contributed by atoms with Gasteiger partial charge in [0, 0.05) is 39.5 Å². The van der Waals surface area contributed by atoms with Gasteiger partial charge in [0.05, 0.1) is 6.07 Å². The predicted molar refractivity (Wildman–Crippen MR) is 99.8 cm³/mol. The molecule has 0 saturated carbocycles. The van der Waals surface area contributed by atoms with Gasteiger partial charge in [-0.1, -0.05) is 0 Å². The van der Waals surface area contributed by atoms with Gasteiger partial charge >= 0.3 is 29.8 Å². The van der Waals surface area contributed by atoms with Gasteiger partial charge in [0.25, 0.3) is 0 Å². The SMILES string of the molecule is CC(=O)OC[C@@H](OC(C)=O)[C@H](OC(C)=O)[C@H](OC(C)=O)[C@@H](OC(C)=O)C(C#N)C[N+](=O)[O-]. The lowest BCUT2D eigenvalue weighted by molar-refractivity contribution is -0.488. The Balaban J connectivity index is 6.59. The minimum atomic E-state index is -1.84. The van der Waals surface area contributed by atoms with Crippen molar-refractivity contribution in [1.82, 2.24) is 0 Å². The highest BCUT2D eigenvalue weighted by Crippen LogP contribution is 2.24. The highest BCUT2D eigenvalue weighted by Gasteiger charge is 2.48. The first-order valence-corrected chi connectivity index (χ1v) is 9.12. The Morgan fingerprint density at radius 2 is 1.22 bits per heavy atom. The van der Waals surface area contributed by atoms with Crippen molar-refractivity contribution in [3.63, 3.8) is 0 Å². The Hall–Kier alpha value is -3.76. The summed E-state index contributed by atoms with van der Waals surface area (Å²) in [7, 11) is 0. The zero-order chi connectivity index (χ0) is 25.0. The summed E-state index contributed by atoms with van der Waals surface area (Å²) < 4.78 is 25.1. The molecule has 0 saturated heterocycles. The molecule has 0 amide bonds. The lowest BCUT2D eigenvalue weighted by atomic mass is 9.92. The van der Waals surface area contributed by atoms with Crippen LogP contribution in [0.25, 0.3) is 0 Å².